The lowest BCUT2D eigenvalue weighted by Crippen LogP contribution is -2.36. The normalized spacial score (nSPS) is 21.8. The summed E-state index contributed by atoms with van der Waals surface area (Å²) < 4.78 is 0. The molecule has 1 aromatic carbocycles. The van der Waals surface area contributed by atoms with E-state index in [9.17, 15) is 19.7 Å². The maximum Gasteiger partial charge on any atom is 0.269 e. The number of ketones is 1. The Kier molecular flexibility index (Phi) is 3.29. The highest BCUT2D eigenvalue weighted by Gasteiger charge is 2.34. The second-order valence-corrected chi connectivity index (χ2v) is 5.32. The molecular formula is C15H14N2O4. The zero-order valence-corrected chi connectivity index (χ0v) is 11.3. The molecule has 1 atom stereocenters. The zero-order valence-electron chi connectivity index (χ0n) is 11.3. The Morgan fingerprint density at radius 3 is 2.52 bits per heavy atom. The maximum atomic E-state index is 12.2. The first-order valence-corrected chi connectivity index (χ1v) is 6.86. The third kappa shape index (κ3) is 2.44. The number of rotatable bonds is 2. The Morgan fingerprint density at radius 2 is 1.86 bits per heavy atom. The van der Waals surface area contributed by atoms with Gasteiger partial charge in [0, 0.05) is 42.2 Å². The third-order valence-corrected chi connectivity index (χ3v) is 3.99. The average molecular weight is 286 g/mol. The molecule has 0 bridgehead atoms. The van der Waals surface area contributed by atoms with Gasteiger partial charge in [-0.3, -0.25) is 19.7 Å². The van der Waals surface area contributed by atoms with Gasteiger partial charge >= 0.3 is 0 Å². The van der Waals surface area contributed by atoms with E-state index in [1.54, 1.807) is 12.1 Å². The lowest BCUT2D eigenvalue weighted by molar-refractivity contribution is -0.384. The Labute approximate surface area is 121 Å². The summed E-state index contributed by atoms with van der Waals surface area (Å²) in [5, 5.41) is 13.5. The Balaban J connectivity index is 2.01. The molecule has 21 heavy (non-hydrogen) atoms. The van der Waals surface area contributed by atoms with E-state index >= 15 is 0 Å². The molecule has 6 heteroatoms. The summed E-state index contributed by atoms with van der Waals surface area (Å²) in [6.07, 6.45) is 2.17. The molecule has 1 N–H and O–H groups in total. The van der Waals surface area contributed by atoms with Gasteiger partial charge in [-0.05, 0) is 18.4 Å². The number of nitro groups is 1. The Hall–Kier alpha value is -2.50. The van der Waals surface area contributed by atoms with Gasteiger partial charge in [-0.15, -0.1) is 0 Å². The second-order valence-electron chi connectivity index (χ2n) is 5.32. The summed E-state index contributed by atoms with van der Waals surface area (Å²) in [5.41, 5.74) is 2.18. The molecule has 6 nitrogen and oxygen atoms in total. The first-order valence-electron chi connectivity index (χ1n) is 6.86. The van der Waals surface area contributed by atoms with Crippen LogP contribution in [0.2, 0.25) is 0 Å². The molecule has 108 valence electrons. The molecule has 3 rings (SSSR count). The number of nitro benzene ring substituents is 1. The molecular weight excluding hydrogens is 272 g/mol. The van der Waals surface area contributed by atoms with Crippen LogP contribution in [0.25, 0.3) is 0 Å². The van der Waals surface area contributed by atoms with Crippen molar-refractivity contribution in [3.63, 3.8) is 0 Å². The monoisotopic (exact) mass is 286 g/mol. The molecule has 0 aromatic heterocycles. The van der Waals surface area contributed by atoms with Crippen LogP contribution in [0.15, 0.2) is 35.5 Å². The van der Waals surface area contributed by atoms with Crippen molar-refractivity contribution in [1.29, 1.82) is 0 Å². The molecule has 0 radical (unpaired) electrons. The smallest absolute Gasteiger partial charge is 0.269 e. The van der Waals surface area contributed by atoms with Crippen molar-refractivity contribution in [3.05, 3.63) is 51.2 Å². The van der Waals surface area contributed by atoms with Crippen LogP contribution in [0.5, 0.6) is 0 Å². The van der Waals surface area contributed by atoms with E-state index in [2.05, 4.69) is 5.32 Å². The molecule has 1 aromatic rings. The summed E-state index contributed by atoms with van der Waals surface area (Å²) >= 11 is 0. The van der Waals surface area contributed by atoms with Gasteiger partial charge in [0.1, 0.15) is 0 Å². The lowest BCUT2D eigenvalue weighted by Gasteiger charge is -2.31. The molecule has 2 aliphatic rings. The number of amides is 1. The molecule has 0 fully saturated rings. The summed E-state index contributed by atoms with van der Waals surface area (Å²) in [6.45, 7) is 0. The van der Waals surface area contributed by atoms with E-state index in [0.717, 1.165) is 17.7 Å². The van der Waals surface area contributed by atoms with Crippen molar-refractivity contribution in [3.8, 4) is 0 Å². The van der Waals surface area contributed by atoms with Crippen molar-refractivity contribution in [2.75, 3.05) is 0 Å². The van der Waals surface area contributed by atoms with Crippen LogP contribution in [-0.4, -0.2) is 16.6 Å². The fourth-order valence-electron chi connectivity index (χ4n) is 3.02. The van der Waals surface area contributed by atoms with E-state index in [1.807, 2.05) is 0 Å². The third-order valence-electron chi connectivity index (χ3n) is 3.99. The van der Waals surface area contributed by atoms with Gasteiger partial charge in [0.05, 0.1) is 4.92 Å². The SMILES string of the molecule is O=C1C[C@H](c2ccc([N+](=O)[O-])cc2)C2=C(CCCC2=O)N1. The van der Waals surface area contributed by atoms with Crippen molar-refractivity contribution in [1.82, 2.24) is 5.32 Å². The Morgan fingerprint density at radius 1 is 1.14 bits per heavy atom. The predicted octanol–water partition coefficient (Wildman–Crippen LogP) is 2.21. The number of Topliss-reactive ketones (excluding diaryl/α,β-unsaturated/α-hetero) is 1. The molecule has 1 aliphatic heterocycles. The highest BCUT2D eigenvalue weighted by atomic mass is 16.6. The van der Waals surface area contributed by atoms with E-state index in [-0.39, 0.29) is 29.7 Å². The van der Waals surface area contributed by atoms with Gasteiger partial charge in [-0.25, -0.2) is 0 Å². The average Bonchev–Trinajstić information content (AvgIpc) is 2.46. The van der Waals surface area contributed by atoms with Gasteiger partial charge in [0.25, 0.3) is 5.69 Å². The number of nitrogens with one attached hydrogen (secondary N) is 1. The summed E-state index contributed by atoms with van der Waals surface area (Å²) in [6, 6.07) is 6.09. The quantitative estimate of drug-likeness (QED) is 0.666. The van der Waals surface area contributed by atoms with Crippen LogP contribution >= 0.6 is 0 Å². The van der Waals surface area contributed by atoms with Crippen LogP contribution in [-0.2, 0) is 9.59 Å². The van der Waals surface area contributed by atoms with Crippen molar-refractivity contribution < 1.29 is 14.5 Å². The topological polar surface area (TPSA) is 89.3 Å². The summed E-state index contributed by atoms with van der Waals surface area (Å²) in [5.74, 6) is -0.325. The van der Waals surface area contributed by atoms with Crippen molar-refractivity contribution >= 4 is 17.4 Å². The summed E-state index contributed by atoms with van der Waals surface area (Å²) in [7, 11) is 0. The number of carbonyl (C=O) groups is 2. The van der Waals surface area contributed by atoms with Gasteiger partial charge in [-0.2, -0.15) is 0 Å². The number of non-ortho nitro benzene ring substituents is 1. The minimum atomic E-state index is -0.464. The number of carbonyl (C=O) groups excluding carboxylic acids is 2. The van der Waals surface area contributed by atoms with Crippen molar-refractivity contribution in [2.24, 2.45) is 0 Å². The zero-order chi connectivity index (χ0) is 15.0. The Bertz CT molecular complexity index is 661. The second kappa shape index (κ2) is 5.12. The molecule has 0 saturated heterocycles. The molecule has 1 amide bonds. The number of hydrogen-bond donors (Lipinski definition) is 1. The van der Waals surface area contributed by atoms with Gasteiger partial charge in [-0.1, -0.05) is 12.1 Å². The number of hydrogen-bond acceptors (Lipinski definition) is 4. The van der Waals surface area contributed by atoms with Crippen molar-refractivity contribution in [2.45, 2.75) is 31.6 Å². The van der Waals surface area contributed by atoms with Gasteiger partial charge < -0.3 is 5.32 Å². The molecule has 1 heterocycles. The fraction of sp³-hybridized carbons (Fsp3) is 0.333. The van der Waals surface area contributed by atoms with Crippen LogP contribution in [0, 0.1) is 10.1 Å². The van der Waals surface area contributed by atoms with E-state index in [0.29, 0.717) is 18.4 Å². The van der Waals surface area contributed by atoms with E-state index < -0.39 is 4.92 Å². The van der Waals surface area contributed by atoms with Crippen LogP contribution in [0.4, 0.5) is 5.69 Å². The minimum Gasteiger partial charge on any atom is -0.329 e. The number of benzene rings is 1. The maximum absolute atomic E-state index is 12.2. The van der Waals surface area contributed by atoms with E-state index in [4.69, 9.17) is 0 Å². The van der Waals surface area contributed by atoms with Crippen LogP contribution in [0.3, 0.4) is 0 Å². The molecule has 0 unspecified atom stereocenters. The minimum absolute atomic E-state index is 0.00295. The highest BCUT2D eigenvalue weighted by Crippen LogP contribution is 2.38. The largest absolute Gasteiger partial charge is 0.329 e. The van der Waals surface area contributed by atoms with Gasteiger partial charge in [0.15, 0.2) is 5.78 Å². The highest BCUT2D eigenvalue weighted by molar-refractivity contribution is 6.01. The molecule has 0 saturated carbocycles. The van der Waals surface area contributed by atoms with Gasteiger partial charge in [0.2, 0.25) is 5.91 Å². The lowest BCUT2D eigenvalue weighted by atomic mass is 9.78. The molecule has 0 spiro atoms. The van der Waals surface area contributed by atoms with Crippen LogP contribution in [0.1, 0.15) is 37.2 Å². The number of allylic oxidation sites excluding steroid dienone is 2. The summed E-state index contributed by atoms with van der Waals surface area (Å²) in [4.78, 5) is 34.2. The predicted molar refractivity (Wildman–Crippen MR) is 74.5 cm³/mol. The van der Waals surface area contributed by atoms with E-state index in [1.165, 1.54) is 12.1 Å². The first-order chi connectivity index (χ1) is 10.1. The standard InChI is InChI=1S/C15H14N2O4/c18-13-3-1-2-12-15(13)11(8-14(19)16-12)9-4-6-10(7-5-9)17(20)21/h4-7,11H,1-3,8H2,(H,16,19)/t11-/m1/s1. The number of nitrogens with zero attached hydrogens (tertiary/aromatic N) is 1. The fourth-order valence-corrected chi connectivity index (χ4v) is 3.02. The molecule has 1 aliphatic carbocycles. The first kappa shape index (κ1) is 13.5. The van der Waals surface area contributed by atoms with Crippen LogP contribution < -0.4 is 5.32 Å².